The van der Waals surface area contributed by atoms with E-state index in [0.29, 0.717) is 32.5 Å². The average molecular weight is 333 g/mol. The molecule has 3 rings (SSSR count). The molecule has 1 aliphatic heterocycles. The first-order valence-corrected chi connectivity index (χ1v) is 8.04. The maximum atomic E-state index is 14.8. The van der Waals surface area contributed by atoms with Gasteiger partial charge in [-0.05, 0) is 32.3 Å². The van der Waals surface area contributed by atoms with Gasteiger partial charge >= 0.3 is 5.97 Å². The number of piperidine rings is 1. The molecule has 0 saturated carbocycles. The average Bonchev–Trinajstić information content (AvgIpc) is 3.02. The summed E-state index contributed by atoms with van der Waals surface area (Å²) in [4.78, 5) is 21.7. The molecule has 128 valence electrons. The Morgan fingerprint density at radius 3 is 2.67 bits per heavy atom. The van der Waals surface area contributed by atoms with Gasteiger partial charge in [-0.25, -0.2) is 14.6 Å². The van der Waals surface area contributed by atoms with Crippen LogP contribution in [0.1, 0.15) is 25.3 Å². The highest BCUT2D eigenvalue weighted by atomic mass is 19.1. The molecule has 24 heavy (non-hydrogen) atoms. The van der Waals surface area contributed by atoms with Crippen molar-refractivity contribution >= 4 is 11.8 Å². The Kier molecular flexibility index (Phi) is 4.73. The second-order valence-corrected chi connectivity index (χ2v) is 5.81. The number of hydrogen-bond acceptors (Lipinski definition) is 6. The summed E-state index contributed by atoms with van der Waals surface area (Å²) in [5.41, 5.74) is 0.921. The second-order valence-electron chi connectivity index (χ2n) is 5.81. The zero-order chi connectivity index (χ0) is 17.1. The molecule has 1 aliphatic rings. The van der Waals surface area contributed by atoms with Crippen molar-refractivity contribution in [2.45, 2.75) is 26.7 Å². The van der Waals surface area contributed by atoms with E-state index in [2.05, 4.69) is 15.1 Å². The third-order valence-corrected chi connectivity index (χ3v) is 4.10. The quantitative estimate of drug-likeness (QED) is 0.796. The molecule has 8 heteroatoms. The van der Waals surface area contributed by atoms with Crippen LogP contribution in [0.5, 0.6) is 0 Å². The predicted octanol–water partition coefficient (Wildman–Crippen LogP) is 1.89. The van der Waals surface area contributed by atoms with Crippen molar-refractivity contribution in [1.29, 1.82) is 0 Å². The maximum absolute atomic E-state index is 14.8. The van der Waals surface area contributed by atoms with E-state index < -0.39 is 5.82 Å². The third kappa shape index (κ3) is 3.22. The number of anilines is 1. The molecule has 1 saturated heterocycles. The van der Waals surface area contributed by atoms with Crippen molar-refractivity contribution in [3.05, 3.63) is 30.1 Å². The largest absolute Gasteiger partial charge is 0.466 e. The van der Waals surface area contributed by atoms with E-state index in [9.17, 15) is 9.18 Å². The smallest absolute Gasteiger partial charge is 0.309 e. The van der Waals surface area contributed by atoms with Crippen LogP contribution in [-0.4, -0.2) is 45.4 Å². The minimum absolute atomic E-state index is 0.126. The van der Waals surface area contributed by atoms with Crippen molar-refractivity contribution in [1.82, 2.24) is 19.7 Å². The first kappa shape index (κ1) is 16.4. The van der Waals surface area contributed by atoms with Crippen LogP contribution in [0.2, 0.25) is 0 Å². The van der Waals surface area contributed by atoms with E-state index in [-0.39, 0.29) is 23.5 Å². The first-order valence-electron chi connectivity index (χ1n) is 8.04. The second kappa shape index (κ2) is 6.94. The fourth-order valence-corrected chi connectivity index (χ4v) is 2.85. The summed E-state index contributed by atoms with van der Waals surface area (Å²) < 4.78 is 21.3. The summed E-state index contributed by atoms with van der Waals surface area (Å²) in [5.74, 6) is -0.432. The fraction of sp³-hybridized carbons (Fsp3) is 0.500. The number of halogens is 1. The molecule has 0 spiro atoms. The monoisotopic (exact) mass is 333 g/mol. The number of aromatic nitrogens is 4. The molecule has 2 aromatic rings. The van der Waals surface area contributed by atoms with Crippen LogP contribution in [0.15, 0.2) is 18.7 Å². The number of hydrogen-bond donors (Lipinski definition) is 0. The third-order valence-electron chi connectivity index (χ3n) is 4.10. The minimum atomic E-state index is -0.504. The fourth-order valence-electron chi connectivity index (χ4n) is 2.85. The molecule has 0 aromatic carbocycles. The maximum Gasteiger partial charge on any atom is 0.309 e. The summed E-state index contributed by atoms with van der Waals surface area (Å²) >= 11 is 0. The Labute approximate surface area is 139 Å². The van der Waals surface area contributed by atoms with Crippen LogP contribution < -0.4 is 4.90 Å². The Bertz CT molecular complexity index is 725. The number of nitrogens with zero attached hydrogens (tertiary/aromatic N) is 5. The SMILES string of the molecule is CCOC(=O)C1CCN(c2ncnc(-n3cc(C)cn3)c2F)CC1. The lowest BCUT2D eigenvalue weighted by atomic mass is 9.97. The topological polar surface area (TPSA) is 73.1 Å². The van der Waals surface area contributed by atoms with Crippen LogP contribution in [-0.2, 0) is 9.53 Å². The van der Waals surface area contributed by atoms with Crippen molar-refractivity contribution in [2.24, 2.45) is 5.92 Å². The molecule has 0 aliphatic carbocycles. The van der Waals surface area contributed by atoms with E-state index >= 15 is 0 Å². The van der Waals surface area contributed by atoms with Crippen LogP contribution in [0.4, 0.5) is 10.2 Å². The number of rotatable bonds is 4. The van der Waals surface area contributed by atoms with Gasteiger partial charge in [0, 0.05) is 19.3 Å². The van der Waals surface area contributed by atoms with Gasteiger partial charge in [-0.1, -0.05) is 0 Å². The van der Waals surface area contributed by atoms with Gasteiger partial charge in [0.15, 0.2) is 11.6 Å². The number of ether oxygens (including phenoxy) is 1. The molecular formula is C16H20FN5O2. The normalized spacial score (nSPS) is 15.5. The van der Waals surface area contributed by atoms with Crippen molar-refractivity contribution < 1.29 is 13.9 Å². The van der Waals surface area contributed by atoms with Gasteiger partial charge in [0.1, 0.15) is 6.33 Å². The van der Waals surface area contributed by atoms with Crippen LogP contribution >= 0.6 is 0 Å². The molecule has 0 bridgehead atoms. The van der Waals surface area contributed by atoms with Gasteiger partial charge < -0.3 is 9.64 Å². The van der Waals surface area contributed by atoms with E-state index in [0.717, 1.165) is 5.56 Å². The minimum Gasteiger partial charge on any atom is -0.466 e. The molecule has 0 atom stereocenters. The highest BCUT2D eigenvalue weighted by Gasteiger charge is 2.28. The zero-order valence-corrected chi connectivity index (χ0v) is 13.8. The predicted molar refractivity (Wildman–Crippen MR) is 85.4 cm³/mol. The summed E-state index contributed by atoms with van der Waals surface area (Å²) in [6, 6.07) is 0. The van der Waals surface area contributed by atoms with E-state index in [1.165, 1.54) is 11.0 Å². The number of esters is 1. The molecule has 2 aromatic heterocycles. The molecule has 0 radical (unpaired) electrons. The highest BCUT2D eigenvalue weighted by molar-refractivity contribution is 5.72. The summed E-state index contributed by atoms with van der Waals surface area (Å²) in [5, 5.41) is 4.10. The lowest BCUT2D eigenvalue weighted by Crippen LogP contribution is -2.38. The Morgan fingerprint density at radius 1 is 1.33 bits per heavy atom. The standard InChI is InChI=1S/C16H20FN5O2/c1-3-24-16(23)12-4-6-21(7-5-12)14-13(17)15(19-10-18-14)22-9-11(2)8-20-22/h8-10,12H,3-7H2,1-2H3. The first-order chi connectivity index (χ1) is 11.6. The molecule has 0 unspecified atom stereocenters. The molecule has 0 N–H and O–H groups in total. The summed E-state index contributed by atoms with van der Waals surface area (Å²) in [7, 11) is 0. The van der Waals surface area contributed by atoms with Crippen LogP contribution in [0.25, 0.3) is 5.82 Å². The molecule has 0 amide bonds. The van der Waals surface area contributed by atoms with E-state index in [1.807, 2.05) is 11.8 Å². The number of carbonyl (C=O) groups excluding carboxylic acids is 1. The Morgan fingerprint density at radius 2 is 2.04 bits per heavy atom. The van der Waals surface area contributed by atoms with Gasteiger partial charge in [-0.3, -0.25) is 4.79 Å². The van der Waals surface area contributed by atoms with Crippen LogP contribution in [0, 0.1) is 18.7 Å². The Balaban J connectivity index is 1.76. The summed E-state index contributed by atoms with van der Waals surface area (Å²) in [6.45, 7) is 5.15. The lowest BCUT2D eigenvalue weighted by molar-refractivity contribution is -0.148. The van der Waals surface area contributed by atoms with E-state index in [1.54, 1.807) is 19.3 Å². The molecule has 1 fully saturated rings. The highest BCUT2D eigenvalue weighted by Crippen LogP contribution is 2.26. The van der Waals surface area contributed by atoms with Crippen molar-refractivity contribution in [3.63, 3.8) is 0 Å². The van der Waals surface area contributed by atoms with Crippen molar-refractivity contribution in [2.75, 3.05) is 24.6 Å². The number of carbonyl (C=O) groups is 1. The molecular weight excluding hydrogens is 313 g/mol. The zero-order valence-electron chi connectivity index (χ0n) is 13.8. The lowest BCUT2D eigenvalue weighted by Gasteiger charge is -2.31. The van der Waals surface area contributed by atoms with Gasteiger partial charge in [0.2, 0.25) is 5.82 Å². The van der Waals surface area contributed by atoms with E-state index in [4.69, 9.17) is 4.74 Å². The van der Waals surface area contributed by atoms with Gasteiger partial charge in [-0.2, -0.15) is 9.49 Å². The van der Waals surface area contributed by atoms with Gasteiger partial charge in [0.05, 0.1) is 18.7 Å². The van der Waals surface area contributed by atoms with Gasteiger partial charge in [-0.15, -0.1) is 0 Å². The van der Waals surface area contributed by atoms with Gasteiger partial charge in [0.25, 0.3) is 0 Å². The summed E-state index contributed by atoms with van der Waals surface area (Å²) in [6.07, 6.45) is 5.94. The van der Waals surface area contributed by atoms with Crippen molar-refractivity contribution in [3.8, 4) is 5.82 Å². The van der Waals surface area contributed by atoms with Crippen LogP contribution in [0.3, 0.4) is 0 Å². The Hall–Kier alpha value is -2.51. The molecule has 3 heterocycles. The molecule has 7 nitrogen and oxygen atoms in total. The number of aryl methyl sites for hydroxylation is 1.